The number of hydrogen-bond donors (Lipinski definition) is 6. The Kier molecular flexibility index (Phi) is 8.86. The summed E-state index contributed by atoms with van der Waals surface area (Å²) in [5.74, 6) is 0. The Morgan fingerprint density at radius 1 is 1.00 bits per heavy atom. The zero-order valence-electron chi connectivity index (χ0n) is 6.92. The van der Waals surface area contributed by atoms with Gasteiger partial charge < -0.3 is 29.6 Å². The summed E-state index contributed by atoms with van der Waals surface area (Å²) in [6.45, 7) is -0.235. The summed E-state index contributed by atoms with van der Waals surface area (Å²) >= 11 is 0. The van der Waals surface area contributed by atoms with E-state index in [1.807, 2.05) is 0 Å². The highest BCUT2D eigenvalue weighted by Crippen LogP contribution is 2.35. The Morgan fingerprint density at radius 3 is 1.57 bits per heavy atom. The van der Waals surface area contributed by atoms with Crippen LogP contribution in [0, 0.1) is 0 Å². The lowest BCUT2D eigenvalue weighted by Gasteiger charge is -2.01. The van der Waals surface area contributed by atoms with Crippen LogP contribution in [0.15, 0.2) is 0 Å². The molecule has 88 valence electrons. The van der Waals surface area contributed by atoms with Crippen molar-refractivity contribution in [3.8, 4) is 0 Å². The van der Waals surface area contributed by atoms with Gasteiger partial charge in [0.05, 0.1) is 6.61 Å². The van der Waals surface area contributed by atoms with E-state index in [0.29, 0.717) is 0 Å². The van der Waals surface area contributed by atoms with Crippen molar-refractivity contribution in [2.45, 2.75) is 6.42 Å². The molecule has 11 heteroatoms. The third-order valence-corrected chi connectivity index (χ3v) is 1.08. The standard InChI is InChI=1S/C3H9O5P.H3O4P/c4-2-1-3-8-9(5,6)7;1-5(2,3)4/h4H,1-3H2,(H2,5,6,7);(H3,1,2,3,4). The molecule has 0 unspecified atom stereocenters. The monoisotopic (exact) mass is 254 g/mol. The molecule has 0 radical (unpaired) electrons. The first-order valence-electron chi connectivity index (χ1n) is 3.15. The lowest BCUT2D eigenvalue weighted by atomic mass is 10.5. The first-order chi connectivity index (χ1) is 6.06. The fourth-order valence-electron chi connectivity index (χ4n) is 0.248. The molecule has 0 saturated heterocycles. The second kappa shape index (κ2) is 7.47. The van der Waals surface area contributed by atoms with Crippen molar-refractivity contribution >= 4 is 15.6 Å². The normalized spacial score (nSPS) is 11.9. The molecular weight excluding hydrogens is 242 g/mol. The van der Waals surface area contributed by atoms with Gasteiger partial charge in [0.2, 0.25) is 0 Å². The summed E-state index contributed by atoms with van der Waals surface area (Å²) < 4.78 is 22.8. The Labute approximate surface area is 79.5 Å². The largest absolute Gasteiger partial charge is 0.469 e. The number of phosphoric acid groups is 2. The topological polar surface area (TPSA) is 165 Å². The molecule has 0 bridgehead atoms. The maximum atomic E-state index is 9.90. The SMILES string of the molecule is O=P(O)(O)O.O=P(O)(O)OCCCO. The number of aliphatic hydroxyl groups is 1. The molecule has 14 heavy (non-hydrogen) atoms. The van der Waals surface area contributed by atoms with E-state index < -0.39 is 15.6 Å². The van der Waals surface area contributed by atoms with Crippen LogP contribution in [-0.2, 0) is 13.7 Å². The number of phosphoric ester groups is 1. The van der Waals surface area contributed by atoms with Gasteiger partial charge in [0, 0.05) is 6.61 Å². The van der Waals surface area contributed by atoms with Gasteiger partial charge >= 0.3 is 15.6 Å². The molecule has 0 heterocycles. The molecule has 0 aromatic rings. The van der Waals surface area contributed by atoms with Crippen LogP contribution in [0.1, 0.15) is 6.42 Å². The van der Waals surface area contributed by atoms with Crippen molar-refractivity contribution in [2.24, 2.45) is 0 Å². The van der Waals surface area contributed by atoms with E-state index in [-0.39, 0.29) is 19.6 Å². The van der Waals surface area contributed by atoms with E-state index in [1.54, 1.807) is 0 Å². The van der Waals surface area contributed by atoms with E-state index in [9.17, 15) is 4.57 Å². The van der Waals surface area contributed by atoms with Crippen molar-refractivity contribution in [1.29, 1.82) is 0 Å². The van der Waals surface area contributed by atoms with Crippen molar-refractivity contribution in [3.63, 3.8) is 0 Å². The molecule has 0 atom stereocenters. The summed E-state index contributed by atoms with van der Waals surface area (Å²) in [5.41, 5.74) is 0. The molecule has 0 saturated carbocycles. The molecule has 0 aliphatic carbocycles. The van der Waals surface area contributed by atoms with E-state index in [1.165, 1.54) is 0 Å². The van der Waals surface area contributed by atoms with E-state index >= 15 is 0 Å². The number of hydrogen-bond acceptors (Lipinski definition) is 4. The summed E-state index contributed by atoms with van der Waals surface area (Å²) in [6, 6.07) is 0. The molecule has 0 amide bonds. The highest BCUT2D eigenvalue weighted by atomic mass is 31.2. The molecule has 0 rings (SSSR count). The fraction of sp³-hybridized carbons (Fsp3) is 1.00. The van der Waals surface area contributed by atoms with Crippen LogP contribution < -0.4 is 0 Å². The lowest BCUT2D eigenvalue weighted by molar-refractivity contribution is 0.176. The van der Waals surface area contributed by atoms with Gasteiger partial charge in [-0.1, -0.05) is 0 Å². The van der Waals surface area contributed by atoms with E-state index in [4.69, 9.17) is 34.1 Å². The predicted molar refractivity (Wildman–Crippen MR) is 44.0 cm³/mol. The van der Waals surface area contributed by atoms with E-state index in [0.717, 1.165) is 0 Å². The molecular formula is C3H12O9P2. The minimum Gasteiger partial charge on any atom is -0.396 e. The highest BCUT2D eigenvalue weighted by molar-refractivity contribution is 7.46. The van der Waals surface area contributed by atoms with Gasteiger partial charge in [0.1, 0.15) is 0 Å². The fourth-order valence-corrected chi connectivity index (χ4v) is 0.615. The summed E-state index contributed by atoms with van der Waals surface area (Å²) in [5, 5.41) is 8.13. The quantitative estimate of drug-likeness (QED) is 0.260. The molecule has 0 aliphatic heterocycles. The van der Waals surface area contributed by atoms with Crippen LogP contribution in [0.5, 0.6) is 0 Å². The molecule has 0 aromatic carbocycles. The van der Waals surface area contributed by atoms with Crippen molar-refractivity contribution in [1.82, 2.24) is 0 Å². The lowest BCUT2D eigenvalue weighted by Crippen LogP contribution is -1.94. The molecule has 0 spiro atoms. The highest BCUT2D eigenvalue weighted by Gasteiger charge is 2.11. The van der Waals surface area contributed by atoms with Gasteiger partial charge in [0.15, 0.2) is 0 Å². The van der Waals surface area contributed by atoms with Crippen molar-refractivity contribution < 1.29 is 43.2 Å². The van der Waals surface area contributed by atoms with Crippen LogP contribution in [0.4, 0.5) is 0 Å². The van der Waals surface area contributed by atoms with Crippen LogP contribution in [0.2, 0.25) is 0 Å². The molecule has 9 nitrogen and oxygen atoms in total. The van der Waals surface area contributed by atoms with Crippen LogP contribution in [0.3, 0.4) is 0 Å². The second-order valence-corrected chi connectivity index (χ2v) is 4.18. The summed E-state index contributed by atoms with van der Waals surface area (Å²) in [7, 11) is -8.95. The van der Waals surface area contributed by atoms with Crippen LogP contribution >= 0.6 is 15.6 Å². The Morgan fingerprint density at radius 2 is 1.36 bits per heavy atom. The van der Waals surface area contributed by atoms with Crippen LogP contribution in [-0.4, -0.2) is 42.8 Å². The zero-order chi connectivity index (χ0) is 11.8. The van der Waals surface area contributed by atoms with Crippen molar-refractivity contribution in [2.75, 3.05) is 13.2 Å². The molecule has 0 aliphatic rings. The second-order valence-electron chi connectivity index (χ2n) is 1.91. The third-order valence-electron chi connectivity index (χ3n) is 0.562. The smallest absolute Gasteiger partial charge is 0.396 e. The first kappa shape index (κ1) is 16.6. The maximum absolute atomic E-state index is 9.90. The summed E-state index contributed by atoms with van der Waals surface area (Å²) in [6.07, 6.45) is 0.241. The van der Waals surface area contributed by atoms with Gasteiger partial charge in [-0.3, -0.25) is 4.52 Å². The van der Waals surface area contributed by atoms with E-state index in [2.05, 4.69) is 4.52 Å². The molecule has 6 N–H and O–H groups in total. The van der Waals surface area contributed by atoms with Gasteiger partial charge in [-0.05, 0) is 6.42 Å². The molecule has 0 fully saturated rings. The Hall–Kier alpha value is 0.180. The van der Waals surface area contributed by atoms with Gasteiger partial charge in [-0.15, -0.1) is 0 Å². The predicted octanol–water partition coefficient (Wildman–Crippen LogP) is -1.45. The average Bonchev–Trinajstić information content (AvgIpc) is 1.80. The average molecular weight is 254 g/mol. The zero-order valence-corrected chi connectivity index (χ0v) is 8.71. The maximum Gasteiger partial charge on any atom is 0.469 e. The number of aliphatic hydroxyl groups excluding tert-OH is 1. The van der Waals surface area contributed by atoms with Gasteiger partial charge in [-0.2, -0.15) is 0 Å². The van der Waals surface area contributed by atoms with Crippen LogP contribution in [0.25, 0.3) is 0 Å². The van der Waals surface area contributed by atoms with Crippen molar-refractivity contribution in [3.05, 3.63) is 0 Å². The molecule has 0 aromatic heterocycles. The minimum atomic E-state index is -4.64. The minimum absolute atomic E-state index is 0.110. The number of rotatable bonds is 4. The Bertz CT molecular complexity index is 206. The van der Waals surface area contributed by atoms with Gasteiger partial charge in [-0.25, -0.2) is 9.13 Å². The van der Waals surface area contributed by atoms with Gasteiger partial charge in [0.25, 0.3) is 0 Å². The Balaban J connectivity index is 0. The summed E-state index contributed by atoms with van der Waals surface area (Å²) in [4.78, 5) is 37.7. The third kappa shape index (κ3) is 39.9. The first-order valence-corrected chi connectivity index (χ1v) is 6.25.